The second kappa shape index (κ2) is 9.45. The van der Waals surface area contributed by atoms with Gasteiger partial charge < -0.3 is 9.47 Å². The van der Waals surface area contributed by atoms with Gasteiger partial charge in [-0.05, 0) is 58.7 Å². The molecule has 8 heteroatoms. The molecule has 2 unspecified atom stereocenters. The first-order chi connectivity index (χ1) is 18.4. The number of carbonyl (C=O) groups is 2. The first-order valence-electron chi connectivity index (χ1n) is 12.7. The summed E-state index contributed by atoms with van der Waals surface area (Å²) in [6.07, 6.45) is 3.77. The van der Waals surface area contributed by atoms with Gasteiger partial charge in [0.1, 0.15) is 6.61 Å². The van der Waals surface area contributed by atoms with E-state index < -0.39 is 10.9 Å². The molecule has 2 heterocycles. The fraction of sp³-hybridized carbons (Fsp3) is 0.267. The predicted molar refractivity (Wildman–Crippen MR) is 141 cm³/mol. The Morgan fingerprint density at radius 3 is 2.32 bits per heavy atom. The van der Waals surface area contributed by atoms with E-state index in [0.717, 1.165) is 29.5 Å². The minimum atomic E-state index is -0.630. The van der Waals surface area contributed by atoms with E-state index in [4.69, 9.17) is 9.47 Å². The Morgan fingerprint density at radius 1 is 1.00 bits per heavy atom. The molecule has 0 aromatic heterocycles. The standard InChI is InChI=1S/C30H26N2O6/c1-37-29(33)20-12-18(15-23(16-20)32(35)36)19-13-21-10-11-22(14-19)31(21)30(34)38-17-28-26-8-4-2-6-24(26)25-7-3-5-9-27(25)28/h2-9,12-13,15-16,21-22,28H,10-11,14,17H2,1H3. The largest absolute Gasteiger partial charge is 0.465 e. The Kier molecular flexibility index (Phi) is 5.94. The number of ether oxygens (including phenoxy) is 2. The van der Waals surface area contributed by atoms with Crippen LogP contribution in [-0.2, 0) is 9.47 Å². The fourth-order valence-corrected chi connectivity index (χ4v) is 6.14. The molecule has 8 nitrogen and oxygen atoms in total. The zero-order valence-electron chi connectivity index (χ0n) is 20.8. The monoisotopic (exact) mass is 510 g/mol. The summed E-state index contributed by atoms with van der Waals surface area (Å²) in [5.74, 6) is -0.642. The number of non-ortho nitro benzene ring substituents is 1. The lowest BCUT2D eigenvalue weighted by Gasteiger charge is -2.33. The van der Waals surface area contributed by atoms with E-state index >= 15 is 0 Å². The van der Waals surface area contributed by atoms with Gasteiger partial charge in [0.2, 0.25) is 0 Å². The number of benzene rings is 3. The van der Waals surface area contributed by atoms with Crippen LogP contribution in [-0.4, -0.2) is 47.7 Å². The molecule has 3 aromatic carbocycles. The lowest BCUT2D eigenvalue weighted by Crippen LogP contribution is -2.43. The van der Waals surface area contributed by atoms with Crippen molar-refractivity contribution < 1.29 is 24.0 Å². The van der Waals surface area contributed by atoms with E-state index in [1.54, 1.807) is 11.0 Å². The lowest BCUT2D eigenvalue weighted by molar-refractivity contribution is -0.384. The van der Waals surface area contributed by atoms with Crippen molar-refractivity contribution >= 4 is 23.3 Å². The number of methoxy groups -OCH3 is 1. The molecule has 2 aliphatic heterocycles. The number of nitrogens with zero attached hydrogens (tertiary/aromatic N) is 2. The Balaban J connectivity index is 1.22. The molecule has 2 atom stereocenters. The second-order valence-electron chi connectivity index (χ2n) is 9.92. The smallest absolute Gasteiger partial charge is 0.410 e. The third-order valence-corrected chi connectivity index (χ3v) is 7.86. The molecule has 3 aliphatic rings. The number of carbonyl (C=O) groups excluding carboxylic acids is 2. The van der Waals surface area contributed by atoms with Crippen molar-refractivity contribution in [2.24, 2.45) is 0 Å². The molecule has 38 heavy (non-hydrogen) atoms. The summed E-state index contributed by atoms with van der Waals surface area (Å²) in [7, 11) is 1.24. The topological polar surface area (TPSA) is 99.0 Å². The molecular weight excluding hydrogens is 484 g/mol. The highest BCUT2D eigenvalue weighted by Crippen LogP contribution is 2.45. The van der Waals surface area contributed by atoms with Crippen molar-refractivity contribution in [3.8, 4) is 11.1 Å². The maximum absolute atomic E-state index is 13.3. The molecule has 0 spiro atoms. The van der Waals surface area contributed by atoms with Gasteiger partial charge in [0.05, 0.1) is 23.6 Å². The van der Waals surface area contributed by atoms with Gasteiger partial charge in [0.25, 0.3) is 5.69 Å². The van der Waals surface area contributed by atoms with Crippen LogP contribution < -0.4 is 0 Å². The molecule has 6 rings (SSSR count). The number of amides is 1. The summed E-state index contributed by atoms with van der Waals surface area (Å²) in [4.78, 5) is 38.2. The van der Waals surface area contributed by atoms with Gasteiger partial charge in [-0.1, -0.05) is 54.6 Å². The average molecular weight is 511 g/mol. The van der Waals surface area contributed by atoms with E-state index in [2.05, 4.69) is 24.3 Å². The number of rotatable bonds is 5. The van der Waals surface area contributed by atoms with Crippen molar-refractivity contribution in [1.82, 2.24) is 4.90 Å². The molecule has 0 N–H and O–H groups in total. The zero-order valence-corrected chi connectivity index (χ0v) is 20.8. The van der Waals surface area contributed by atoms with Crippen molar-refractivity contribution in [2.45, 2.75) is 37.3 Å². The summed E-state index contributed by atoms with van der Waals surface area (Å²) < 4.78 is 10.7. The van der Waals surface area contributed by atoms with Gasteiger partial charge in [-0.2, -0.15) is 0 Å². The zero-order chi connectivity index (χ0) is 26.4. The van der Waals surface area contributed by atoms with Crippen LogP contribution in [0.2, 0.25) is 0 Å². The highest BCUT2D eigenvalue weighted by Gasteiger charge is 2.41. The number of esters is 1. The minimum Gasteiger partial charge on any atom is -0.465 e. The van der Waals surface area contributed by atoms with Crippen LogP contribution in [0.4, 0.5) is 10.5 Å². The van der Waals surface area contributed by atoms with E-state index in [9.17, 15) is 19.7 Å². The summed E-state index contributed by atoms with van der Waals surface area (Å²) in [6.45, 7) is 0.257. The molecule has 1 amide bonds. The highest BCUT2D eigenvalue weighted by molar-refractivity contribution is 5.92. The normalized spacial score (nSPS) is 19.4. The van der Waals surface area contributed by atoms with Gasteiger partial charge in [-0.15, -0.1) is 0 Å². The van der Waals surface area contributed by atoms with Crippen LogP contribution in [0.5, 0.6) is 0 Å². The van der Waals surface area contributed by atoms with Gasteiger partial charge in [0, 0.05) is 24.1 Å². The van der Waals surface area contributed by atoms with E-state index in [1.807, 2.05) is 30.3 Å². The van der Waals surface area contributed by atoms with Gasteiger partial charge in [0.15, 0.2) is 0 Å². The number of fused-ring (bicyclic) bond motifs is 5. The van der Waals surface area contributed by atoms with Crippen molar-refractivity contribution in [1.29, 1.82) is 0 Å². The molecule has 1 aliphatic carbocycles. The van der Waals surface area contributed by atoms with Crippen molar-refractivity contribution in [2.75, 3.05) is 13.7 Å². The summed E-state index contributed by atoms with van der Waals surface area (Å²) >= 11 is 0. The quantitative estimate of drug-likeness (QED) is 0.239. The Morgan fingerprint density at radius 2 is 1.68 bits per heavy atom. The maximum Gasteiger partial charge on any atom is 0.410 e. The van der Waals surface area contributed by atoms with Crippen LogP contribution in [0.15, 0.2) is 72.8 Å². The maximum atomic E-state index is 13.3. The third kappa shape index (κ3) is 4.02. The van der Waals surface area contributed by atoms with Crippen LogP contribution in [0.3, 0.4) is 0 Å². The molecule has 0 saturated carbocycles. The number of hydrogen-bond donors (Lipinski definition) is 0. The van der Waals surface area contributed by atoms with Gasteiger partial charge in [-0.3, -0.25) is 15.0 Å². The van der Waals surface area contributed by atoms with E-state index in [1.165, 1.54) is 30.4 Å². The third-order valence-electron chi connectivity index (χ3n) is 7.86. The molecular formula is C30H26N2O6. The average Bonchev–Trinajstić information content (AvgIpc) is 3.41. The van der Waals surface area contributed by atoms with Gasteiger partial charge in [-0.25, -0.2) is 9.59 Å². The first-order valence-corrected chi connectivity index (χ1v) is 12.7. The number of nitro groups is 1. The molecule has 1 fully saturated rings. The number of hydrogen-bond acceptors (Lipinski definition) is 6. The molecule has 1 saturated heterocycles. The summed E-state index contributed by atoms with van der Waals surface area (Å²) in [5.41, 5.74) is 6.13. The summed E-state index contributed by atoms with van der Waals surface area (Å²) in [6, 6.07) is 20.5. The summed E-state index contributed by atoms with van der Waals surface area (Å²) in [5, 5.41) is 11.5. The van der Waals surface area contributed by atoms with E-state index in [-0.39, 0.29) is 42.0 Å². The highest BCUT2D eigenvalue weighted by atomic mass is 16.6. The Bertz CT molecular complexity index is 1450. The van der Waals surface area contributed by atoms with Crippen LogP contribution in [0.25, 0.3) is 16.7 Å². The minimum absolute atomic E-state index is 0.0125. The molecule has 0 radical (unpaired) electrons. The van der Waals surface area contributed by atoms with Gasteiger partial charge >= 0.3 is 12.1 Å². The van der Waals surface area contributed by atoms with E-state index in [0.29, 0.717) is 12.0 Å². The van der Waals surface area contributed by atoms with Crippen LogP contribution in [0, 0.1) is 10.1 Å². The Labute approximate surface area is 219 Å². The van der Waals surface area contributed by atoms with Crippen molar-refractivity contribution in [3.05, 3.63) is 105 Å². The van der Waals surface area contributed by atoms with Crippen LogP contribution >= 0.6 is 0 Å². The predicted octanol–water partition coefficient (Wildman–Crippen LogP) is 5.95. The van der Waals surface area contributed by atoms with Crippen LogP contribution in [0.1, 0.15) is 52.2 Å². The first kappa shape index (κ1) is 23.9. The van der Waals surface area contributed by atoms with Crippen molar-refractivity contribution in [3.63, 3.8) is 0 Å². The Hall–Kier alpha value is -4.46. The molecule has 2 bridgehead atoms. The fourth-order valence-electron chi connectivity index (χ4n) is 6.14. The molecule has 3 aromatic rings. The lowest BCUT2D eigenvalue weighted by atomic mass is 9.93. The number of nitro benzene ring substituents is 1. The molecule has 192 valence electrons. The second-order valence-corrected chi connectivity index (χ2v) is 9.92. The SMILES string of the molecule is COC(=O)c1cc(C2=CC3CCC(C2)N3C(=O)OCC2c3ccccc3-c3ccccc32)cc([N+](=O)[O-])c1.